The van der Waals surface area contributed by atoms with Crippen molar-refractivity contribution >= 4 is 39.3 Å². The summed E-state index contributed by atoms with van der Waals surface area (Å²) in [7, 11) is -1.75. The Morgan fingerprint density at radius 1 is 1.27 bits per heavy atom. The lowest BCUT2D eigenvalue weighted by atomic mass is 9.71. The van der Waals surface area contributed by atoms with Crippen LogP contribution in [-0.4, -0.2) is 43.1 Å². The maximum absolute atomic E-state index is 15.2. The maximum Gasteiger partial charge on any atom is 0.303 e. The minimum atomic E-state index is -1.75. The van der Waals surface area contributed by atoms with Crippen molar-refractivity contribution in [2.75, 3.05) is 12.9 Å². The lowest BCUT2D eigenvalue weighted by Crippen LogP contribution is -2.35. The van der Waals surface area contributed by atoms with Gasteiger partial charge in [-0.15, -0.1) is 0 Å². The number of allylic oxidation sites excluding steroid dienone is 4. The van der Waals surface area contributed by atoms with Gasteiger partial charge in [-0.3, -0.25) is 9.00 Å². The molecule has 3 heterocycles. The van der Waals surface area contributed by atoms with Crippen LogP contribution in [0.25, 0.3) is 22.3 Å². The number of hydrogen-bond acceptors (Lipinski definition) is 5. The average molecular weight is 646 g/mol. The minimum Gasteiger partial charge on any atom is -0.497 e. The number of carboxylic acid groups (broad SMARTS) is 1. The molecule has 0 radical (unpaired) electrons. The number of H-pyrrole nitrogens is 2. The van der Waals surface area contributed by atoms with Crippen molar-refractivity contribution in [1.82, 2.24) is 15.0 Å². The molecule has 6 rings (SSSR count). The van der Waals surface area contributed by atoms with Gasteiger partial charge < -0.3 is 24.5 Å². The van der Waals surface area contributed by atoms with Crippen LogP contribution in [0.15, 0.2) is 64.0 Å². The first kappa shape index (κ1) is 30.0. The van der Waals surface area contributed by atoms with E-state index in [0.717, 1.165) is 11.6 Å². The van der Waals surface area contributed by atoms with E-state index in [1.807, 2.05) is 13.0 Å². The summed E-state index contributed by atoms with van der Waals surface area (Å²) in [6.45, 7) is 2.37. The highest BCUT2D eigenvalue weighted by Gasteiger charge is 2.42. The Morgan fingerprint density at radius 2 is 2.07 bits per heavy atom. The van der Waals surface area contributed by atoms with E-state index in [-0.39, 0.29) is 45.3 Å². The topological polar surface area (TPSA) is 117 Å². The van der Waals surface area contributed by atoms with Crippen LogP contribution in [0, 0.1) is 23.4 Å². The average Bonchev–Trinajstić information content (AvgIpc) is 3.67. The van der Waals surface area contributed by atoms with E-state index in [1.165, 1.54) is 30.7 Å². The van der Waals surface area contributed by atoms with Crippen LogP contribution >= 0.6 is 11.6 Å². The van der Waals surface area contributed by atoms with Gasteiger partial charge >= 0.3 is 5.97 Å². The fourth-order valence-electron chi connectivity index (χ4n) is 5.93. The van der Waals surface area contributed by atoms with Crippen molar-refractivity contribution in [2.24, 2.45) is 5.92 Å². The van der Waals surface area contributed by atoms with Crippen molar-refractivity contribution in [3.8, 4) is 22.9 Å². The molecule has 0 bridgehead atoms. The van der Waals surface area contributed by atoms with Crippen LogP contribution in [0.5, 0.6) is 11.5 Å². The number of aromatic amines is 2. The van der Waals surface area contributed by atoms with E-state index in [0.29, 0.717) is 42.4 Å². The van der Waals surface area contributed by atoms with Gasteiger partial charge in [0.2, 0.25) is 5.82 Å². The molecule has 4 aromatic rings. The normalized spacial score (nSPS) is 20.7. The molecule has 2 aromatic heterocycles. The molecule has 1 aliphatic heterocycles. The van der Waals surface area contributed by atoms with E-state index < -0.39 is 45.4 Å². The number of fused-ring (bicyclic) bond motifs is 1. The van der Waals surface area contributed by atoms with Gasteiger partial charge in [-0.25, -0.2) is 13.8 Å². The number of nitrogens with one attached hydrogen (secondary N) is 2. The van der Waals surface area contributed by atoms with Gasteiger partial charge in [-0.1, -0.05) is 11.6 Å². The molecule has 0 amide bonds. The number of carbonyl (C=O) groups is 1. The molecule has 1 aliphatic carbocycles. The summed E-state index contributed by atoms with van der Waals surface area (Å²) < 4.78 is 69.4. The second-order valence-electron chi connectivity index (χ2n) is 11.0. The van der Waals surface area contributed by atoms with Crippen molar-refractivity contribution in [3.05, 3.63) is 82.2 Å². The molecule has 2 aliphatic rings. The van der Waals surface area contributed by atoms with Crippen molar-refractivity contribution in [1.29, 1.82) is 0 Å². The van der Waals surface area contributed by atoms with Gasteiger partial charge in [0.05, 0.1) is 33.4 Å². The van der Waals surface area contributed by atoms with Gasteiger partial charge in [0.15, 0.2) is 11.6 Å². The minimum absolute atomic E-state index is 0.0120. The molecule has 44 heavy (non-hydrogen) atoms. The fourth-order valence-corrected chi connectivity index (χ4v) is 7.09. The van der Waals surface area contributed by atoms with Gasteiger partial charge in [-0.2, -0.15) is 4.39 Å². The lowest BCUT2D eigenvalue weighted by molar-refractivity contribution is -0.137. The number of ether oxygens (including phenoxy) is 2. The number of rotatable bonds is 8. The number of aliphatic carboxylic acids is 1. The highest BCUT2D eigenvalue weighted by atomic mass is 35.5. The Kier molecular flexibility index (Phi) is 7.83. The quantitative estimate of drug-likeness (QED) is 0.183. The summed E-state index contributed by atoms with van der Waals surface area (Å²) in [5.74, 6) is -3.97. The Balaban J connectivity index is 1.36. The summed E-state index contributed by atoms with van der Waals surface area (Å²) in [5.41, 5.74) is 0.685. The van der Waals surface area contributed by atoms with Gasteiger partial charge in [0.25, 0.3) is 0 Å². The highest BCUT2D eigenvalue weighted by Crippen LogP contribution is 2.48. The molecule has 0 saturated carbocycles. The van der Waals surface area contributed by atoms with E-state index in [2.05, 4.69) is 15.0 Å². The van der Waals surface area contributed by atoms with E-state index in [4.69, 9.17) is 21.1 Å². The molecule has 0 saturated heterocycles. The molecular formula is C31H27ClF3N3O5S. The zero-order valence-electron chi connectivity index (χ0n) is 23.6. The molecule has 8 nitrogen and oxygen atoms in total. The molecule has 2 aromatic carbocycles. The first-order valence-electron chi connectivity index (χ1n) is 13.8. The third-order valence-corrected chi connectivity index (χ3v) is 9.46. The van der Waals surface area contributed by atoms with Crippen LogP contribution in [0.4, 0.5) is 13.2 Å². The lowest BCUT2D eigenvalue weighted by Gasteiger charge is -2.40. The summed E-state index contributed by atoms with van der Waals surface area (Å²) in [5, 5.41) is 10.0. The Hall–Kier alpha value is -4.03. The Labute approximate surface area is 257 Å². The zero-order valence-corrected chi connectivity index (χ0v) is 25.2. The zero-order chi connectivity index (χ0) is 31.3. The van der Waals surface area contributed by atoms with Crippen LogP contribution < -0.4 is 4.74 Å². The third-order valence-electron chi connectivity index (χ3n) is 8.22. The second-order valence-corrected chi connectivity index (χ2v) is 12.8. The van der Waals surface area contributed by atoms with Crippen LogP contribution in [0.3, 0.4) is 0 Å². The number of carboxylic acids is 1. The molecule has 13 heteroatoms. The summed E-state index contributed by atoms with van der Waals surface area (Å²) >= 11 is 6.51. The molecule has 230 valence electrons. The smallest absolute Gasteiger partial charge is 0.303 e. The molecule has 3 atom stereocenters. The number of benzene rings is 2. The summed E-state index contributed by atoms with van der Waals surface area (Å²) in [4.78, 5) is 21.4. The number of imidazole rings is 1. The van der Waals surface area contributed by atoms with Crippen LogP contribution in [-0.2, 0) is 25.7 Å². The van der Waals surface area contributed by atoms with Crippen LogP contribution in [0.1, 0.15) is 38.3 Å². The summed E-state index contributed by atoms with van der Waals surface area (Å²) in [6.07, 6.45) is 7.54. The molecule has 3 N–H and O–H groups in total. The number of halogens is 4. The Morgan fingerprint density at radius 3 is 2.82 bits per heavy atom. The van der Waals surface area contributed by atoms with Crippen molar-refractivity contribution < 1.29 is 36.8 Å². The van der Waals surface area contributed by atoms with E-state index in [9.17, 15) is 18.5 Å². The van der Waals surface area contributed by atoms with Gasteiger partial charge in [0.1, 0.15) is 23.2 Å². The van der Waals surface area contributed by atoms with Gasteiger partial charge in [-0.05, 0) is 56.5 Å². The molecule has 2 unspecified atom stereocenters. The fraction of sp³-hybridized carbons (Fsp3) is 0.290. The second kappa shape index (κ2) is 11.5. The standard InChI is InChI=1S/C31H27ClF3N3O5S/c1-31(8-10-42-27-15(3-6-23(39)40)11-16(32)12-20(27)31)22-14-37-30(38-22)19-13-17(4-5-21(19)33)43-28-25(35)24(34)26-18(7-9-36-26)29(28)44(2)41/h4-5,7,9,12-15,36H,3,6,8,10-11H2,1-2H3,(H,37,38)(H,39,40)/t15?,31-,44?/m1/s1. The van der Waals surface area contributed by atoms with Crippen LogP contribution in [0.2, 0.25) is 0 Å². The predicted octanol–water partition coefficient (Wildman–Crippen LogP) is 7.44. The predicted molar refractivity (Wildman–Crippen MR) is 158 cm³/mol. The first-order valence-corrected chi connectivity index (χ1v) is 15.7. The molecular weight excluding hydrogens is 619 g/mol. The van der Waals surface area contributed by atoms with Crippen molar-refractivity contribution in [3.63, 3.8) is 0 Å². The van der Waals surface area contributed by atoms with E-state index >= 15 is 8.78 Å². The van der Waals surface area contributed by atoms with E-state index in [1.54, 1.807) is 6.20 Å². The largest absolute Gasteiger partial charge is 0.497 e. The Bertz CT molecular complexity index is 1900. The van der Waals surface area contributed by atoms with Crippen molar-refractivity contribution in [2.45, 2.75) is 42.9 Å². The third kappa shape index (κ3) is 5.19. The first-order chi connectivity index (χ1) is 21.0. The van der Waals surface area contributed by atoms with Gasteiger partial charge in [0, 0.05) is 58.1 Å². The summed E-state index contributed by atoms with van der Waals surface area (Å²) in [6, 6.07) is 5.15. The maximum atomic E-state index is 15.2. The molecule has 0 fully saturated rings. The SMILES string of the molecule is CS(=O)c1c(Oc2ccc(F)c(-c3ncc([C@]4(C)CCOC5=C4C=C(Cl)CC5CCC(=O)O)[nH]3)c2)c(F)c(F)c2[nH]ccc12. The number of aromatic nitrogens is 3. The number of hydrogen-bond donors (Lipinski definition) is 3. The monoisotopic (exact) mass is 645 g/mol. The number of nitrogens with zero attached hydrogens (tertiary/aromatic N) is 1. The molecule has 0 spiro atoms. The highest BCUT2D eigenvalue weighted by molar-refractivity contribution is 7.84.